The number of ether oxygens (including phenoxy) is 2. The van der Waals surface area contributed by atoms with Crippen molar-refractivity contribution in [2.75, 3.05) is 0 Å². The van der Waals surface area contributed by atoms with E-state index in [0.717, 1.165) is 25.7 Å². The molecule has 4 atom stereocenters. The summed E-state index contributed by atoms with van der Waals surface area (Å²) in [4.78, 5) is 23.7. The van der Waals surface area contributed by atoms with E-state index in [4.69, 9.17) is 20.9 Å². The molecule has 0 saturated carbocycles. The van der Waals surface area contributed by atoms with Crippen LogP contribution in [0.5, 0.6) is 0 Å². The molecule has 142 valence electrons. The molecule has 0 fully saturated rings. The molecular formula is C18H36N2O4. The Morgan fingerprint density at radius 1 is 0.875 bits per heavy atom. The summed E-state index contributed by atoms with van der Waals surface area (Å²) in [6, 6.07) is -1.21. The van der Waals surface area contributed by atoms with E-state index in [0.29, 0.717) is 0 Å². The Kier molecular flexibility index (Phi) is 10.9. The van der Waals surface area contributed by atoms with Crippen molar-refractivity contribution in [2.45, 2.75) is 91.5 Å². The summed E-state index contributed by atoms with van der Waals surface area (Å²) in [6.07, 6.45) is 2.78. The zero-order valence-electron chi connectivity index (χ0n) is 16.1. The zero-order chi connectivity index (χ0) is 18.9. The molecule has 0 aliphatic heterocycles. The van der Waals surface area contributed by atoms with Gasteiger partial charge in [0.25, 0.3) is 0 Å². The minimum Gasteiger partial charge on any atom is -0.462 e. The lowest BCUT2D eigenvalue weighted by Crippen LogP contribution is -2.39. The minimum atomic E-state index is -0.621. The first-order valence-corrected chi connectivity index (χ1v) is 9.02. The number of nitrogens with two attached hydrogens (primary N) is 2. The summed E-state index contributed by atoms with van der Waals surface area (Å²) in [5.74, 6) is -0.636. The number of rotatable bonds is 11. The first-order chi connectivity index (χ1) is 11.1. The molecule has 0 amide bonds. The Morgan fingerprint density at radius 2 is 1.42 bits per heavy atom. The van der Waals surface area contributed by atoms with Gasteiger partial charge in [-0.1, -0.05) is 27.7 Å². The van der Waals surface area contributed by atoms with Crippen molar-refractivity contribution in [3.8, 4) is 0 Å². The maximum Gasteiger partial charge on any atom is 0.323 e. The van der Waals surface area contributed by atoms with E-state index in [9.17, 15) is 9.59 Å². The molecule has 0 bridgehead atoms. The van der Waals surface area contributed by atoms with Crippen LogP contribution in [0.25, 0.3) is 0 Å². The molecule has 6 nitrogen and oxygen atoms in total. The fourth-order valence-corrected chi connectivity index (χ4v) is 2.25. The average molecular weight is 344 g/mol. The van der Waals surface area contributed by atoms with E-state index in [1.165, 1.54) is 0 Å². The summed E-state index contributed by atoms with van der Waals surface area (Å²) in [5, 5.41) is 0. The number of hydrogen-bond donors (Lipinski definition) is 2. The summed E-state index contributed by atoms with van der Waals surface area (Å²) >= 11 is 0. The summed E-state index contributed by atoms with van der Waals surface area (Å²) in [6.45, 7) is 11.3. The third-order valence-corrected chi connectivity index (χ3v) is 4.15. The predicted molar refractivity (Wildman–Crippen MR) is 95.2 cm³/mol. The van der Waals surface area contributed by atoms with Gasteiger partial charge in [-0.2, -0.15) is 0 Å². The van der Waals surface area contributed by atoms with Gasteiger partial charge in [-0.25, -0.2) is 0 Å². The number of esters is 2. The monoisotopic (exact) mass is 344 g/mol. The summed E-state index contributed by atoms with van der Waals surface area (Å²) in [7, 11) is 0. The number of carbonyl (C=O) groups excluding carboxylic acids is 2. The number of hydrogen-bond acceptors (Lipinski definition) is 6. The Balaban J connectivity index is 4.26. The van der Waals surface area contributed by atoms with E-state index < -0.39 is 12.1 Å². The molecule has 24 heavy (non-hydrogen) atoms. The van der Waals surface area contributed by atoms with E-state index in [1.54, 1.807) is 13.8 Å². The molecule has 0 aromatic carbocycles. The van der Waals surface area contributed by atoms with Gasteiger partial charge in [-0.3, -0.25) is 9.59 Å². The van der Waals surface area contributed by atoms with Crippen molar-refractivity contribution in [2.24, 2.45) is 23.3 Å². The smallest absolute Gasteiger partial charge is 0.323 e. The second kappa shape index (κ2) is 11.4. The topological polar surface area (TPSA) is 105 Å². The van der Waals surface area contributed by atoms with E-state index in [-0.39, 0.29) is 36.0 Å². The quantitative estimate of drug-likeness (QED) is 0.558. The molecule has 0 aromatic heterocycles. The molecule has 0 aliphatic carbocycles. The van der Waals surface area contributed by atoms with Crippen LogP contribution in [-0.4, -0.2) is 36.2 Å². The predicted octanol–water partition coefficient (Wildman–Crippen LogP) is 2.38. The molecule has 2 unspecified atom stereocenters. The Morgan fingerprint density at radius 3 is 1.88 bits per heavy atom. The molecule has 0 radical (unpaired) electrons. The highest BCUT2D eigenvalue weighted by Crippen LogP contribution is 2.17. The highest BCUT2D eigenvalue weighted by molar-refractivity contribution is 5.76. The van der Waals surface area contributed by atoms with Crippen LogP contribution < -0.4 is 11.5 Å². The molecule has 0 heterocycles. The van der Waals surface area contributed by atoms with Crippen molar-refractivity contribution in [3.63, 3.8) is 0 Å². The Labute approximate surface area is 146 Å². The normalized spacial score (nSPS) is 16.6. The van der Waals surface area contributed by atoms with Crippen LogP contribution in [0.3, 0.4) is 0 Å². The second-order valence-electron chi connectivity index (χ2n) is 7.16. The molecule has 6 heteroatoms. The van der Waals surface area contributed by atoms with Gasteiger partial charge in [0.1, 0.15) is 18.2 Å². The summed E-state index contributed by atoms with van der Waals surface area (Å²) < 4.78 is 10.6. The van der Waals surface area contributed by atoms with Crippen LogP contribution in [0.4, 0.5) is 0 Å². The first-order valence-electron chi connectivity index (χ1n) is 9.02. The minimum absolute atomic E-state index is 0.0161. The Hall–Kier alpha value is -1.14. The fraction of sp³-hybridized carbons (Fsp3) is 0.889. The highest BCUT2D eigenvalue weighted by atomic mass is 16.5. The van der Waals surface area contributed by atoms with Crippen molar-refractivity contribution in [1.29, 1.82) is 0 Å². The van der Waals surface area contributed by atoms with Crippen LogP contribution in [0.1, 0.15) is 67.2 Å². The van der Waals surface area contributed by atoms with Crippen LogP contribution in [0.2, 0.25) is 0 Å². The van der Waals surface area contributed by atoms with Crippen molar-refractivity contribution >= 4 is 11.9 Å². The number of carbonyl (C=O) groups is 2. The lowest BCUT2D eigenvalue weighted by atomic mass is 9.95. The molecule has 0 aromatic rings. The molecule has 0 rings (SSSR count). The van der Waals surface area contributed by atoms with Crippen LogP contribution in [0, 0.1) is 11.8 Å². The van der Waals surface area contributed by atoms with Gasteiger partial charge in [0.15, 0.2) is 0 Å². The van der Waals surface area contributed by atoms with Gasteiger partial charge >= 0.3 is 11.9 Å². The SMILES string of the molecule is CCC(CCCC(C)[C@H](N)C(=O)OC(C)C)OC(=O)[C@@H](N)C(C)C. The summed E-state index contributed by atoms with van der Waals surface area (Å²) in [5.41, 5.74) is 11.7. The van der Waals surface area contributed by atoms with E-state index in [1.807, 2.05) is 27.7 Å². The lowest BCUT2D eigenvalue weighted by molar-refractivity contribution is -0.152. The zero-order valence-corrected chi connectivity index (χ0v) is 16.1. The molecule has 0 saturated heterocycles. The third kappa shape index (κ3) is 8.64. The van der Waals surface area contributed by atoms with Crippen LogP contribution in [-0.2, 0) is 19.1 Å². The Bertz CT molecular complexity index is 385. The van der Waals surface area contributed by atoms with Gasteiger partial charge in [-0.15, -0.1) is 0 Å². The maximum absolute atomic E-state index is 11.9. The van der Waals surface area contributed by atoms with Gasteiger partial charge in [-0.05, 0) is 51.4 Å². The maximum atomic E-state index is 11.9. The van der Waals surface area contributed by atoms with Crippen molar-refractivity contribution in [3.05, 3.63) is 0 Å². The first kappa shape index (κ1) is 22.9. The fourth-order valence-electron chi connectivity index (χ4n) is 2.25. The van der Waals surface area contributed by atoms with Gasteiger partial charge < -0.3 is 20.9 Å². The van der Waals surface area contributed by atoms with E-state index in [2.05, 4.69) is 0 Å². The second-order valence-corrected chi connectivity index (χ2v) is 7.16. The molecular weight excluding hydrogens is 308 g/mol. The van der Waals surface area contributed by atoms with Crippen LogP contribution in [0.15, 0.2) is 0 Å². The van der Waals surface area contributed by atoms with Gasteiger partial charge in [0.05, 0.1) is 6.10 Å². The highest BCUT2D eigenvalue weighted by Gasteiger charge is 2.24. The largest absolute Gasteiger partial charge is 0.462 e. The molecule has 0 spiro atoms. The average Bonchev–Trinajstić information content (AvgIpc) is 2.50. The standard InChI is InChI=1S/C18H36N2O4/c1-7-14(24-17(21)15(19)11(2)3)10-8-9-13(6)16(20)18(22)23-12(4)5/h11-16H,7-10,19-20H2,1-6H3/t13?,14?,15-,16-/m0/s1. The third-order valence-electron chi connectivity index (χ3n) is 4.15. The van der Waals surface area contributed by atoms with Gasteiger partial charge in [0.2, 0.25) is 0 Å². The van der Waals surface area contributed by atoms with Crippen molar-refractivity contribution in [1.82, 2.24) is 0 Å². The molecule has 4 N–H and O–H groups in total. The van der Waals surface area contributed by atoms with Gasteiger partial charge in [0, 0.05) is 0 Å². The van der Waals surface area contributed by atoms with Crippen molar-refractivity contribution < 1.29 is 19.1 Å². The lowest BCUT2D eigenvalue weighted by Gasteiger charge is -2.22. The van der Waals surface area contributed by atoms with E-state index >= 15 is 0 Å². The van der Waals surface area contributed by atoms with Crippen LogP contribution >= 0.6 is 0 Å². The molecule has 0 aliphatic rings.